The second-order valence-corrected chi connectivity index (χ2v) is 20.1. The molecule has 3 amide bonds. The van der Waals surface area contributed by atoms with Crippen molar-refractivity contribution in [3.8, 4) is 46.0 Å². The maximum Gasteiger partial charge on any atom is 0.417 e. The highest BCUT2D eigenvalue weighted by Crippen LogP contribution is 2.37. The summed E-state index contributed by atoms with van der Waals surface area (Å²) in [7, 11) is 3.15. The van der Waals surface area contributed by atoms with Crippen LogP contribution in [0.5, 0.6) is 0 Å². The fourth-order valence-corrected chi connectivity index (χ4v) is 10.0. The Hall–Kier alpha value is -8.15. The summed E-state index contributed by atoms with van der Waals surface area (Å²) in [5.74, 6) is -0.967. The van der Waals surface area contributed by atoms with Gasteiger partial charge in [0, 0.05) is 51.8 Å². The van der Waals surface area contributed by atoms with Crippen molar-refractivity contribution in [2.24, 2.45) is 0 Å². The number of amides is 3. The molecule has 22 heteroatoms. The molecule has 0 aliphatic carbocycles. The van der Waals surface area contributed by atoms with E-state index in [0.717, 1.165) is 4.90 Å². The highest BCUT2D eigenvalue weighted by atomic mass is 19.1. The standard InChI is InChI=1S/C29H31FN6O5.C24H23FN6O3/c1-28(2,3)41-27(38)35-15-20-25(26(35)37)21(13-19(32-20)24-17(14-31)7-6-8-18(24)30)36-12-10-23(33-36)34-11-9-22(40-5)29(4,39)16-34;1-24(33)13-30(8-6-19(24)34-2)20-7-9-31(29-20)18-10-16(28-17-12-27-23(32)22(17)18)21-14(11-26)4-3-5-15(21)25/h6-8,10,12-13,22,39H,9,11,15-16H2,1-5H3;3-5,7,9-10,19,33H,6,8,12-13H2,1-2H3,(H,27,32)/t22-,29+;19-,24+/m11/s1. The van der Waals surface area contributed by atoms with E-state index in [-0.39, 0.29) is 88.3 Å². The molecule has 4 aliphatic rings. The van der Waals surface area contributed by atoms with Gasteiger partial charge >= 0.3 is 6.09 Å². The number of rotatable bonds is 8. The fraction of sp³-hybridized carbons (Fsp3) is 0.377. The summed E-state index contributed by atoms with van der Waals surface area (Å²) >= 11 is 0. The zero-order chi connectivity index (χ0) is 53.7. The molecule has 4 atom stereocenters. The van der Waals surface area contributed by atoms with Crippen LogP contribution in [0.25, 0.3) is 33.9 Å². The van der Waals surface area contributed by atoms with E-state index < -0.39 is 40.4 Å². The Labute approximate surface area is 430 Å². The third-order valence-corrected chi connectivity index (χ3v) is 13.5. The van der Waals surface area contributed by atoms with Crippen molar-refractivity contribution in [1.29, 1.82) is 10.5 Å². The molecular formula is C53H54F2N12O8. The second kappa shape index (κ2) is 19.9. The van der Waals surface area contributed by atoms with E-state index in [0.29, 0.717) is 61.1 Å². The first-order chi connectivity index (χ1) is 35.6. The van der Waals surface area contributed by atoms with Crippen LogP contribution in [-0.2, 0) is 27.3 Å². The number of pyridine rings is 2. The molecule has 4 aliphatic heterocycles. The van der Waals surface area contributed by atoms with Crippen molar-refractivity contribution in [1.82, 2.24) is 39.7 Å². The summed E-state index contributed by atoms with van der Waals surface area (Å²) in [5, 5.41) is 52.9. The molecule has 0 bridgehead atoms. The number of methoxy groups -OCH3 is 2. The van der Waals surface area contributed by atoms with Gasteiger partial charge in [-0.2, -0.15) is 20.7 Å². The van der Waals surface area contributed by atoms with Gasteiger partial charge in [0.2, 0.25) is 0 Å². The number of benzene rings is 2. The molecule has 20 nitrogen and oxygen atoms in total. The van der Waals surface area contributed by atoms with Crippen LogP contribution >= 0.6 is 0 Å². The molecule has 0 radical (unpaired) electrons. The van der Waals surface area contributed by atoms with Gasteiger partial charge in [-0.15, -0.1) is 0 Å². The second-order valence-electron chi connectivity index (χ2n) is 20.1. The predicted molar refractivity (Wildman–Crippen MR) is 267 cm³/mol. The van der Waals surface area contributed by atoms with Crippen molar-refractivity contribution >= 4 is 29.5 Å². The van der Waals surface area contributed by atoms with Crippen molar-refractivity contribution < 1.29 is 47.6 Å². The first-order valence-corrected chi connectivity index (χ1v) is 24.1. The number of β-amino-alcohol motifs (C(OH)–C–C–N with tert-alkyl or cyclic N) is 2. The maximum absolute atomic E-state index is 15.1. The van der Waals surface area contributed by atoms with Gasteiger partial charge in [-0.3, -0.25) is 9.59 Å². The molecule has 388 valence electrons. The number of anilines is 2. The Bertz CT molecular complexity index is 3330. The number of piperidine rings is 2. The first kappa shape index (κ1) is 51.7. The fourth-order valence-electron chi connectivity index (χ4n) is 10.0. The number of carbonyl (C=O) groups excluding carboxylic acids is 3. The average Bonchev–Trinajstić information content (AvgIpc) is 4.20. The van der Waals surface area contributed by atoms with Crippen molar-refractivity contribution in [2.75, 3.05) is 50.2 Å². The predicted octanol–water partition coefficient (Wildman–Crippen LogP) is 5.98. The number of aromatic nitrogens is 6. The lowest BCUT2D eigenvalue weighted by molar-refractivity contribution is -0.0892. The van der Waals surface area contributed by atoms with Crippen LogP contribution in [0, 0.1) is 34.3 Å². The molecule has 0 spiro atoms. The number of fused-ring (bicyclic) bond motifs is 2. The van der Waals surface area contributed by atoms with Crippen LogP contribution in [0.3, 0.4) is 0 Å². The third-order valence-electron chi connectivity index (χ3n) is 13.5. The van der Waals surface area contributed by atoms with Crippen LogP contribution in [0.2, 0.25) is 0 Å². The number of hydrogen-bond donors (Lipinski definition) is 3. The number of halogens is 2. The quantitative estimate of drug-likeness (QED) is 0.159. The van der Waals surface area contributed by atoms with Gasteiger partial charge in [0.1, 0.15) is 28.4 Å². The third kappa shape index (κ3) is 10.00. The van der Waals surface area contributed by atoms with Gasteiger partial charge in [0.05, 0.1) is 118 Å². The molecule has 2 saturated heterocycles. The number of ether oxygens (including phenoxy) is 3. The summed E-state index contributed by atoms with van der Waals surface area (Å²) in [4.78, 5) is 52.9. The smallest absolute Gasteiger partial charge is 0.417 e. The summed E-state index contributed by atoms with van der Waals surface area (Å²) in [6.45, 7) is 10.4. The van der Waals surface area contributed by atoms with E-state index in [2.05, 4.69) is 25.5 Å². The minimum Gasteiger partial charge on any atom is -0.443 e. The molecule has 0 saturated carbocycles. The maximum atomic E-state index is 15.1. The Balaban J connectivity index is 0.000000187. The van der Waals surface area contributed by atoms with E-state index in [4.69, 9.17) is 14.2 Å². The van der Waals surface area contributed by atoms with Gasteiger partial charge in [-0.1, -0.05) is 12.1 Å². The zero-order valence-corrected chi connectivity index (χ0v) is 42.3. The average molecular weight is 1030 g/mol. The minimum atomic E-state index is -1.11. The van der Waals surface area contributed by atoms with E-state index in [1.54, 1.807) is 84.1 Å². The van der Waals surface area contributed by atoms with Crippen molar-refractivity contribution in [3.05, 3.63) is 118 Å². The van der Waals surface area contributed by atoms with E-state index in [9.17, 15) is 39.5 Å². The molecule has 75 heavy (non-hydrogen) atoms. The summed E-state index contributed by atoms with van der Waals surface area (Å²) in [6, 6.07) is 19.0. The zero-order valence-electron chi connectivity index (χ0n) is 42.3. The molecule has 4 aromatic heterocycles. The van der Waals surface area contributed by atoms with Crippen molar-refractivity contribution in [2.45, 2.75) is 89.6 Å². The highest BCUT2D eigenvalue weighted by molar-refractivity contribution is 6.09. The van der Waals surface area contributed by atoms with E-state index >= 15 is 4.39 Å². The molecule has 3 N–H and O–H groups in total. The SMILES string of the molecule is CO[C@@H]1CCN(c2ccn(-c3cc(-c4c(F)cccc4C#N)nc4c3C(=O)N(C(=O)OC(C)(C)C)C4)n2)C[C@]1(C)O.CO[C@@H]1CCN(c2ccn(-c3cc(-c4c(F)cccc4C#N)nc4c3C(=O)NC4)n2)C[C@]1(C)O. The van der Waals surface area contributed by atoms with E-state index in [1.807, 2.05) is 21.9 Å². The lowest BCUT2D eigenvalue weighted by Crippen LogP contribution is -2.56. The first-order valence-electron chi connectivity index (χ1n) is 24.1. The molecule has 10 rings (SSSR count). The molecule has 6 aromatic rings. The number of nitrogens with one attached hydrogen (secondary N) is 1. The number of nitriles is 2. The van der Waals surface area contributed by atoms with Crippen LogP contribution in [0.15, 0.2) is 73.1 Å². The number of nitrogens with zero attached hydrogens (tertiary/aromatic N) is 11. The summed E-state index contributed by atoms with van der Waals surface area (Å²) < 4.78 is 49.1. The number of carbonyl (C=O) groups is 3. The van der Waals surface area contributed by atoms with Gasteiger partial charge < -0.3 is 39.5 Å². The monoisotopic (exact) mass is 1020 g/mol. The van der Waals surface area contributed by atoms with Crippen LogP contribution < -0.4 is 15.1 Å². The molecular weight excluding hydrogens is 971 g/mol. The molecule has 2 aromatic carbocycles. The number of hydrogen-bond acceptors (Lipinski definition) is 16. The minimum absolute atomic E-state index is 0.0210. The largest absolute Gasteiger partial charge is 0.443 e. The van der Waals surface area contributed by atoms with Gasteiger partial charge in [-0.05, 0) is 83.9 Å². The Morgan fingerprint density at radius 3 is 1.68 bits per heavy atom. The summed E-state index contributed by atoms with van der Waals surface area (Å²) in [6.07, 6.45) is 3.15. The Morgan fingerprint density at radius 2 is 1.23 bits per heavy atom. The highest BCUT2D eigenvalue weighted by Gasteiger charge is 2.42. The van der Waals surface area contributed by atoms with Crippen molar-refractivity contribution in [3.63, 3.8) is 0 Å². The number of imide groups is 1. The Kier molecular flexibility index (Phi) is 13.8. The molecule has 8 heterocycles. The van der Waals surface area contributed by atoms with Crippen LogP contribution in [0.1, 0.15) is 90.7 Å². The Morgan fingerprint density at radius 1 is 0.747 bits per heavy atom. The van der Waals surface area contributed by atoms with Gasteiger partial charge in [0.15, 0.2) is 11.6 Å². The summed E-state index contributed by atoms with van der Waals surface area (Å²) in [5.41, 5.74) is -0.466. The van der Waals surface area contributed by atoms with E-state index in [1.165, 1.54) is 47.1 Å². The van der Waals surface area contributed by atoms with Crippen LogP contribution in [0.4, 0.5) is 25.2 Å². The normalized spacial score (nSPS) is 21.2. The van der Waals surface area contributed by atoms with Crippen LogP contribution in [-0.4, -0.2) is 132 Å². The van der Waals surface area contributed by atoms with Gasteiger partial charge in [0.25, 0.3) is 11.8 Å². The lowest BCUT2D eigenvalue weighted by Gasteiger charge is -2.42. The van der Waals surface area contributed by atoms with Gasteiger partial charge in [-0.25, -0.2) is 37.8 Å². The molecule has 0 unspecified atom stereocenters. The molecule has 2 fully saturated rings. The topological polar surface area (TPSA) is 250 Å². The lowest BCUT2D eigenvalue weighted by atomic mass is 9.91. The number of aliphatic hydroxyl groups is 2.